The topological polar surface area (TPSA) is 52.6 Å². The summed E-state index contributed by atoms with van der Waals surface area (Å²) in [5.74, 6) is 2.25. The van der Waals surface area contributed by atoms with Crippen molar-refractivity contribution < 1.29 is 19.1 Å². The third kappa shape index (κ3) is 5.79. The summed E-state index contributed by atoms with van der Waals surface area (Å²) in [5, 5.41) is 1.50. The molecule has 2 saturated carbocycles. The molecule has 2 aromatic carbocycles. The molecule has 0 amide bonds. The molecule has 4 nitrogen and oxygen atoms in total. The van der Waals surface area contributed by atoms with Gasteiger partial charge in [-0.1, -0.05) is 78.6 Å². The Balaban J connectivity index is 1.58. The second kappa shape index (κ2) is 11.4. The monoisotopic (exact) mass is 492 g/mol. The predicted octanol–water partition coefficient (Wildman–Crippen LogP) is 8.08. The van der Waals surface area contributed by atoms with Crippen molar-refractivity contribution in [3.05, 3.63) is 47.5 Å². The molecule has 0 bridgehead atoms. The van der Waals surface area contributed by atoms with Crippen molar-refractivity contribution in [2.45, 2.75) is 92.3 Å². The van der Waals surface area contributed by atoms with E-state index in [0.29, 0.717) is 46.6 Å². The first-order chi connectivity index (χ1) is 17.2. The van der Waals surface area contributed by atoms with Crippen LogP contribution in [0.5, 0.6) is 0 Å². The van der Waals surface area contributed by atoms with Crippen molar-refractivity contribution in [2.75, 3.05) is 0 Å². The molecule has 0 N–H and O–H groups in total. The van der Waals surface area contributed by atoms with Crippen LogP contribution in [0.2, 0.25) is 0 Å². The SMILES string of the molecule is CC(C)[C@@H]1CC[C@@H](C)C[C@@H]1OC(=O)c1ccc(C(=O)O[C@H]2C[C@H](C)CC[C@H]2C(C)C)c2ccccc12. The molecule has 36 heavy (non-hydrogen) atoms. The molecule has 2 aliphatic rings. The molecule has 2 aliphatic carbocycles. The zero-order valence-corrected chi connectivity index (χ0v) is 23.0. The molecule has 0 radical (unpaired) electrons. The number of hydrogen-bond acceptors (Lipinski definition) is 4. The maximum absolute atomic E-state index is 13.4. The summed E-state index contributed by atoms with van der Waals surface area (Å²) in [4.78, 5) is 26.8. The first kappa shape index (κ1) is 26.7. The zero-order valence-electron chi connectivity index (χ0n) is 23.0. The van der Waals surface area contributed by atoms with Gasteiger partial charge in [-0.05, 0) is 84.1 Å². The average Bonchev–Trinajstić information content (AvgIpc) is 2.83. The highest BCUT2D eigenvalue weighted by Crippen LogP contribution is 2.38. The Hall–Kier alpha value is -2.36. The Morgan fingerprint density at radius 2 is 1.06 bits per heavy atom. The fourth-order valence-electron chi connectivity index (χ4n) is 6.56. The summed E-state index contributed by atoms with van der Waals surface area (Å²) in [5.41, 5.74) is 1.04. The van der Waals surface area contributed by atoms with Crippen molar-refractivity contribution in [1.82, 2.24) is 0 Å². The lowest BCUT2D eigenvalue weighted by Gasteiger charge is -2.37. The van der Waals surface area contributed by atoms with Crippen LogP contribution in [-0.2, 0) is 9.47 Å². The Morgan fingerprint density at radius 1 is 0.667 bits per heavy atom. The van der Waals surface area contributed by atoms with E-state index < -0.39 is 0 Å². The van der Waals surface area contributed by atoms with Gasteiger partial charge in [-0.2, -0.15) is 0 Å². The number of fused-ring (bicyclic) bond motifs is 1. The van der Waals surface area contributed by atoms with Crippen LogP contribution in [-0.4, -0.2) is 24.1 Å². The van der Waals surface area contributed by atoms with E-state index in [1.807, 2.05) is 24.3 Å². The third-order valence-electron chi connectivity index (χ3n) is 8.80. The van der Waals surface area contributed by atoms with Gasteiger partial charge >= 0.3 is 11.9 Å². The van der Waals surface area contributed by atoms with Crippen molar-refractivity contribution >= 4 is 22.7 Å². The van der Waals surface area contributed by atoms with E-state index in [4.69, 9.17) is 9.47 Å². The van der Waals surface area contributed by atoms with Gasteiger partial charge in [-0.25, -0.2) is 9.59 Å². The predicted molar refractivity (Wildman–Crippen MR) is 145 cm³/mol. The van der Waals surface area contributed by atoms with Crippen LogP contribution in [0, 0.1) is 35.5 Å². The number of carbonyl (C=O) groups excluding carboxylic acids is 2. The van der Waals surface area contributed by atoms with Crippen molar-refractivity contribution in [2.24, 2.45) is 35.5 Å². The number of ether oxygens (including phenoxy) is 2. The Kier molecular flexibility index (Phi) is 8.42. The summed E-state index contributed by atoms with van der Waals surface area (Å²) in [7, 11) is 0. The van der Waals surface area contributed by atoms with Gasteiger partial charge in [-0.3, -0.25) is 0 Å². The molecule has 0 spiro atoms. The quantitative estimate of drug-likeness (QED) is 0.383. The van der Waals surface area contributed by atoms with Crippen LogP contribution in [0.25, 0.3) is 10.8 Å². The van der Waals surface area contributed by atoms with E-state index in [9.17, 15) is 9.59 Å². The first-order valence-corrected chi connectivity index (χ1v) is 14.1. The lowest BCUT2D eigenvalue weighted by Crippen LogP contribution is -2.36. The van der Waals surface area contributed by atoms with Crippen molar-refractivity contribution in [3.63, 3.8) is 0 Å². The van der Waals surface area contributed by atoms with Crippen LogP contribution >= 0.6 is 0 Å². The van der Waals surface area contributed by atoms with Gasteiger partial charge < -0.3 is 9.47 Å². The van der Waals surface area contributed by atoms with Crippen LogP contribution in [0.15, 0.2) is 36.4 Å². The molecule has 0 aromatic heterocycles. The number of benzene rings is 2. The minimum Gasteiger partial charge on any atom is -0.458 e. The number of carbonyl (C=O) groups is 2. The van der Waals surface area contributed by atoms with E-state index in [-0.39, 0.29) is 24.1 Å². The van der Waals surface area contributed by atoms with Crippen LogP contribution in [0.1, 0.15) is 101 Å². The van der Waals surface area contributed by atoms with Crippen LogP contribution < -0.4 is 0 Å². The fourth-order valence-corrected chi connectivity index (χ4v) is 6.56. The van der Waals surface area contributed by atoms with E-state index in [1.165, 1.54) is 12.8 Å². The van der Waals surface area contributed by atoms with Gasteiger partial charge in [0.25, 0.3) is 0 Å². The van der Waals surface area contributed by atoms with Crippen LogP contribution in [0.4, 0.5) is 0 Å². The second-order valence-electron chi connectivity index (χ2n) is 12.2. The summed E-state index contributed by atoms with van der Waals surface area (Å²) in [6.45, 7) is 13.3. The highest BCUT2D eigenvalue weighted by atomic mass is 16.5. The third-order valence-corrected chi connectivity index (χ3v) is 8.80. The number of rotatable bonds is 6. The number of esters is 2. The first-order valence-electron chi connectivity index (χ1n) is 14.1. The molecule has 4 heteroatoms. The van der Waals surface area contributed by atoms with Gasteiger partial charge in [0.05, 0.1) is 11.1 Å². The molecule has 6 atom stereocenters. The highest BCUT2D eigenvalue weighted by molar-refractivity contribution is 6.11. The molecule has 0 aliphatic heterocycles. The molecule has 2 aromatic rings. The molecule has 0 unspecified atom stereocenters. The maximum atomic E-state index is 13.4. The van der Waals surface area contributed by atoms with Gasteiger partial charge in [0.1, 0.15) is 12.2 Å². The minimum absolute atomic E-state index is 0.0640. The van der Waals surface area contributed by atoms with Gasteiger partial charge in [-0.15, -0.1) is 0 Å². The summed E-state index contributed by atoms with van der Waals surface area (Å²) in [6, 6.07) is 11.1. The van der Waals surface area contributed by atoms with E-state index >= 15 is 0 Å². The minimum atomic E-state index is -0.295. The average molecular weight is 493 g/mol. The smallest absolute Gasteiger partial charge is 0.339 e. The van der Waals surface area contributed by atoms with E-state index in [0.717, 1.165) is 36.5 Å². The zero-order chi connectivity index (χ0) is 26.0. The van der Waals surface area contributed by atoms with Crippen molar-refractivity contribution in [3.8, 4) is 0 Å². The lowest BCUT2D eigenvalue weighted by atomic mass is 9.75. The largest absolute Gasteiger partial charge is 0.458 e. The standard InChI is InChI=1S/C32H44O4/c1-19(2)23-13-11-21(5)17-29(23)35-31(33)27-15-16-28(26-10-8-7-9-25(26)27)32(34)36-30-18-22(6)12-14-24(30)20(3)4/h7-10,15-16,19-24,29-30H,11-14,17-18H2,1-6H3/t21-,22-,23+,24+,29+,30+/m1/s1. The summed E-state index contributed by atoms with van der Waals surface area (Å²) >= 11 is 0. The van der Waals surface area contributed by atoms with Crippen LogP contribution in [0.3, 0.4) is 0 Å². The summed E-state index contributed by atoms with van der Waals surface area (Å²) in [6.07, 6.45) is 6.26. The Morgan fingerprint density at radius 3 is 1.42 bits per heavy atom. The Bertz CT molecular complexity index is 987. The molecular weight excluding hydrogens is 448 g/mol. The molecule has 0 saturated heterocycles. The molecule has 196 valence electrons. The lowest BCUT2D eigenvalue weighted by molar-refractivity contribution is -0.0183. The molecule has 2 fully saturated rings. The van der Waals surface area contributed by atoms with E-state index in [2.05, 4.69) is 41.5 Å². The van der Waals surface area contributed by atoms with Crippen molar-refractivity contribution in [1.29, 1.82) is 0 Å². The van der Waals surface area contributed by atoms with Gasteiger partial charge in [0.15, 0.2) is 0 Å². The Labute approximate surface area is 217 Å². The second-order valence-corrected chi connectivity index (χ2v) is 12.2. The normalized spacial score (nSPS) is 28.9. The fraction of sp³-hybridized carbons (Fsp3) is 0.625. The number of hydrogen-bond donors (Lipinski definition) is 0. The van der Waals surface area contributed by atoms with Gasteiger partial charge in [0.2, 0.25) is 0 Å². The van der Waals surface area contributed by atoms with E-state index in [1.54, 1.807) is 12.1 Å². The van der Waals surface area contributed by atoms with Gasteiger partial charge in [0, 0.05) is 0 Å². The molecule has 0 heterocycles. The maximum Gasteiger partial charge on any atom is 0.339 e. The highest BCUT2D eigenvalue weighted by Gasteiger charge is 2.35. The molecule has 4 rings (SSSR count). The molecular formula is C32H44O4. The summed E-state index contributed by atoms with van der Waals surface area (Å²) < 4.78 is 12.3.